The number of pyridine rings is 1. The SMILES string of the molecule is Cc1ccc(-c2cnc3ccc(-c4cn[nH]c4)cn23)cc1. The van der Waals surface area contributed by atoms with Crippen LogP contribution in [-0.2, 0) is 0 Å². The van der Waals surface area contributed by atoms with Crippen LogP contribution in [0.3, 0.4) is 0 Å². The molecular weight excluding hydrogens is 260 g/mol. The number of nitrogens with zero attached hydrogens (tertiary/aromatic N) is 3. The molecule has 4 nitrogen and oxygen atoms in total. The van der Waals surface area contributed by atoms with Crippen LogP contribution in [0.25, 0.3) is 28.0 Å². The molecular formula is C17H14N4. The molecule has 0 aliphatic heterocycles. The summed E-state index contributed by atoms with van der Waals surface area (Å²) in [5.74, 6) is 0. The predicted molar refractivity (Wildman–Crippen MR) is 82.9 cm³/mol. The molecule has 3 aromatic heterocycles. The zero-order chi connectivity index (χ0) is 14.2. The summed E-state index contributed by atoms with van der Waals surface area (Å²) in [5.41, 5.74) is 6.64. The number of aromatic amines is 1. The highest BCUT2D eigenvalue weighted by atomic mass is 15.1. The van der Waals surface area contributed by atoms with Crippen LogP contribution in [0, 0.1) is 6.92 Å². The van der Waals surface area contributed by atoms with Gasteiger partial charge in [-0.15, -0.1) is 0 Å². The van der Waals surface area contributed by atoms with Gasteiger partial charge in [0.2, 0.25) is 0 Å². The van der Waals surface area contributed by atoms with Crippen LogP contribution >= 0.6 is 0 Å². The number of hydrogen-bond donors (Lipinski definition) is 1. The lowest BCUT2D eigenvalue weighted by molar-refractivity contribution is 1.09. The molecule has 0 aliphatic rings. The third kappa shape index (κ3) is 2.01. The van der Waals surface area contributed by atoms with Crippen LogP contribution in [-0.4, -0.2) is 19.6 Å². The summed E-state index contributed by atoms with van der Waals surface area (Å²) in [7, 11) is 0. The Bertz CT molecular complexity index is 886. The molecule has 0 saturated carbocycles. The molecule has 3 heterocycles. The maximum atomic E-state index is 4.48. The van der Waals surface area contributed by atoms with Crippen molar-refractivity contribution >= 4 is 5.65 Å². The Kier molecular flexibility index (Phi) is 2.60. The van der Waals surface area contributed by atoms with E-state index in [1.165, 1.54) is 5.56 Å². The fraction of sp³-hybridized carbons (Fsp3) is 0.0588. The zero-order valence-electron chi connectivity index (χ0n) is 11.6. The summed E-state index contributed by atoms with van der Waals surface area (Å²) < 4.78 is 2.12. The first-order chi connectivity index (χ1) is 10.3. The number of nitrogens with one attached hydrogen (secondary N) is 1. The second kappa shape index (κ2) is 4.59. The third-order valence-electron chi connectivity index (χ3n) is 3.68. The second-order valence-electron chi connectivity index (χ2n) is 5.14. The Hall–Kier alpha value is -2.88. The van der Waals surface area contributed by atoms with Crippen molar-refractivity contribution in [3.05, 3.63) is 66.7 Å². The number of benzene rings is 1. The fourth-order valence-corrected chi connectivity index (χ4v) is 2.50. The highest BCUT2D eigenvalue weighted by Crippen LogP contribution is 2.24. The van der Waals surface area contributed by atoms with E-state index in [9.17, 15) is 0 Å². The van der Waals surface area contributed by atoms with Gasteiger partial charge in [0.1, 0.15) is 5.65 Å². The highest BCUT2D eigenvalue weighted by molar-refractivity contribution is 5.68. The van der Waals surface area contributed by atoms with E-state index in [4.69, 9.17) is 0 Å². The molecule has 4 heteroatoms. The van der Waals surface area contributed by atoms with Gasteiger partial charge in [-0.3, -0.25) is 9.50 Å². The third-order valence-corrected chi connectivity index (χ3v) is 3.68. The highest BCUT2D eigenvalue weighted by Gasteiger charge is 2.07. The summed E-state index contributed by atoms with van der Waals surface area (Å²) in [6.45, 7) is 2.09. The Balaban J connectivity index is 1.90. The lowest BCUT2D eigenvalue weighted by Crippen LogP contribution is -1.89. The van der Waals surface area contributed by atoms with Gasteiger partial charge in [0.15, 0.2) is 0 Å². The van der Waals surface area contributed by atoms with Crippen LogP contribution in [0.4, 0.5) is 0 Å². The average molecular weight is 274 g/mol. The Morgan fingerprint density at radius 3 is 2.48 bits per heavy atom. The molecule has 1 aromatic carbocycles. The van der Waals surface area contributed by atoms with Crippen molar-refractivity contribution < 1.29 is 0 Å². The summed E-state index contributed by atoms with van der Waals surface area (Å²) in [6, 6.07) is 12.6. The number of aryl methyl sites for hydroxylation is 1. The number of H-pyrrole nitrogens is 1. The van der Waals surface area contributed by atoms with E-state index >= 15 is 0 Å². The smallest absolute Gasteiger partial charge is 0.137 e. The molecule has 0 fully saturated rings. The van der Waals surface area contributed by atoms with Gasteiger partial charge >= 0.3 is 0 Å². The molecule has 4 aromatic rings. The molecule has 0 saturated heterocycles. The van der Waals surface area contributed by atoms with Crippen LogP contribution in [0.15, 0.2) is 61.2 Å². The Morgan fingerprint density at radius 1 is 0.905 bits per heavy atom. The maximum Gasteiger partial charge on any atom is 0.137 e. The standard InChI is InChI=1S/C17H14N4/c1-12-2-4-13(5-3-12)16-10-18-17-7-6-14(11-21(16)17)15-8-19-20-9-15/h2-11H,1H3,(H,19,20). The van der Waals surface area contributed by atoms with Gasteiger partial charge in [-0.05, 0) is 19.1 Å². The minimum absolute atomic E-state index is 0.942. The molecule has 1 N–H and O–H groups in total. The quantitative estimate of drug-likeness (QED) is 0.606. The number of hydrogen-bond acceptors (Lipinski definition) is 2. The van der Waals surface area contributed by atoms with Crippen molar-refractivity contribution in [2.75, 3.05) is 0 Å². The van der Waals surface area contributed by atoms with Gasteiger partial charge in [0, 0.05) is 29.1 Å². The number of rotatable bonds is 2. The Morgan fingerprint density at radius 2 is 1.71 bits per heavy atom. The predicted octanol–water partition coefficient (Wildman–Crippen LogP) is 3.70. The van der Waals surface area contributed by atoms with Crippen LogP contribution < -0.4 is 0 Å². The van der Waals surface area contributed by atoms with Crippen molar-refractivity contribution in [2.45, 2.75) is 6.92 Å². The summed E-state index contributed by atoms with van der Waals surface area (Å²) in [6.07, 6.45) is 7.73. The van der Waals surface area contributed by atoms with Crippen molar-refractivity contribution in [1.29, 1.82) is 0 Å². The molecule has 0 aliphatic carbocycles. The van der Waals surface area contributed by atoms with Crippen molar-refractivity contribution in [2.24, 2.45) is 0 Å². The van der Waals surface area contributed by atoms with Crippen molar-refractivity contribution in [3.63, 3.8) is 0 Å². The maximum absolute atomic E-state index is 4.48. The van der Waals surface area contributed by atoms with Crippen LogP contribution in [0.1, 0.15) is 5.56 Å². The molecule has 0 amide bonds. The second-order valence-corrected chi connectivity index (χ2v) is 5.14. The van der Waals surface area contributed by atoms with Gasteiger partial charge in [-0.1, -0.05) is 29.8 Å². The van der Waals surface area contributed by atoms with E-state index in [1.807, 2.05) is 24.7 Å². The molecule has 0 radical (unpaired) electrons. The summed E-state index contributed by atoms with van der Waals surface area (Å²) >= 11 is 0. The van der Waals surface area contributed by atoms with Gasteiger partial charge in [0.25, 0.3) is 0 Å². The first-order valence-corrected chi connectivity index (χ1v) is 6.84. The molecule has 4 rings (SSSR count). The summed E-state index contributed by atoms with van der Waals surface area (Å²) in [4.78, 5) is 4.48. The van der Waals surface area contributed by atoms with E-state index < -0.39 is 0 Å². The van der Waals surface area contributed by atoms with Gasteiger partial charge in [0.05, 0.1) is 18.1 Å². The van der Waals surface area contributed by atoms with Crippen molar-refractivity contribution in [1.82, 2.24) is 19.6 Å². The molecule has 0 bridgehead atoms. The number of imidazole rings is 1. The molecule has 0 spiro atoms. The van der Waals surface area contributed by atoms with E-state index in [-0.39, 0.29) is 0 Å². The van der Waals surface area contributed by atoms with Gasteiger partial charge in [-0.2, -0.15) is 5.10 Å². The monoisotopic (exact) mass is 274 g/mol. The largest absolute Gasteiger partial charge is 0.299 e. The van der Waals surface area contributed by atoms with Gasteiger partial charge < -0.3 is 0 Å². The van der Waals surface area contributed by atoms with E-state index in [2.05, 4.69) is 63.0 Å². The van der Waals surface area contributed by atoms with Gasteiger partial charge in [-0.25, -0.2) is 4.98 Å². The summed E-state index contributed by atoms with van der Waals surface area (Å²) in [5, 5.41) is 6.85. The molecule has 21 heavy (non-hydrogen) atoms. The molecule has 0 atom stereocenters. The van der Waals surface area contributed by atoms with Crippen LogP contribution in [0.2, 0.25) is 0 Å². The minimum Gasteiger partial charge on any atom is -0.299 e. The number of aromatic nitrogens is 4. The van der Waals surface area contributed by atoms with E-state index in [0.717, 1.165) is 28.0 Å². The first-order valence-electron chi connectivity index (χ1n) is 6.84. The number of fused-ring (bicyclic) bond motifs is 1. The topological polar surface area (TPSA) is 46.0 Å². The van der Waals surface area contributed by atoms with E-state index in [0.29, 0.717) is 0 Å². The lowest BCUT2D eigenvalue weighted by Gasteiger charge is -2.05. The minimum atomic E-state index is 0.942. The normalized spacial score (nSPS) is 11.1. The fourth-order valence-electron chi connectivity index (χ4n) is 2.50. The first kappa shape index (κ1) is 11.9. The molecule has 102 valence electrons. The zero-order valence-corrected chi connectivity index (χ0v) is 11.6. The molecule has 0 unspecified atom stereocenters. The Labute approximate surface area is 122 Å². The lowest BCUT2D eigenvalue weighted by atomic mass is 10.1. The van der Waals surface area contributed by atoms with Crippen LogP contribution in [0.5, 0.6) is 0 Å². The average Bonchev–Trinajstić information content (AvgIpc) is 3.17. The van der Waals surface area contributed by atoms with Crippen molar-refractivity contribution in [3.8, 4) is 22.4 Å². The van der Waals surface area contributed by atoms with E-state index in [1.54, 1.807) is 0 Å².